The predicted octanol–water partition coefficient (Wildman–Crippen LogP) is 7.84. The van der Waals surface area contributed by atoms with Crippen LogP contribution in [0.2, 0.25) is 0 Å². The topological polar surface area (TPSA) is 44.5 Å². The van der Waals surface area contributed by atoms with Gasteiger partial charge in [-0.2, -0.15) is 0 Å². The number of furan rings is 1. The third-order valence-corrected chi connectivity index (χ3v) is 6.15. The van der Waals surface area contributed by atoms with Gasteiger partial charge in [-0.25, -0.2) is 10.1 Å². The van der Waals surface area contributed by atoms with Crippen LogP contribution in [0.4, 0.5) is 17.1 Å². The molecule has 0 saturated carbocycles. The number of para-hydroxylation sites is 2. The number of hydrogen-bond acceptors (Lipinski definition) is 3. The molecule has 0 aliphatic heterocycles. The van der Waals surface area contributed by atoms with Gasteiger partial charge in [-0.3, -0.25) is 0 Å². The highest BCUT2D eigenvalue weighted by Crippen LogP contribution is 2.52. The molecule has 1 aliphatic carbocycles. The molecule has 0 amide bonds. The molecule has 1 aliphatic rings. The van der Waals surface area contributed by atoms with E-state index in [1.165, 1.54) is 11.6 Å². The first-order chi connectivity index (χ1) is 16.0. The summed E-state index contributed by atoms with van der Waals surface area (Å²) >= 11 is 0. The quantitative estimate of drug-likeness (QED) is 0.246. The summed E-state index contributed by atoms with van der Waals surface area (Å²) in [6.45, 7) is 11.5. The molecule has 0 radical (unpaired) electrons. The van der Waals surface area contributed by atoms with Crippen molar-refractivity contribution in [2.75, 3.05) is 4.90 Å². The summed E-state index contributed by atoms with van der Waals surface area (Å²) in [5.41, 5.74) is 6.28. The Bertz CT molecular complexity index is 1390. The molecule has 0 saturated heterocycles. The lowest BCUT2D eigenvalue weighted by molar-refractivity contribution is 0.569. The maximum Gasteiger partial charge on any atom is 0.265 e. The van der Waals surface area contributed by atoms with E-state index in [0.717, 1.165) is 33.9 Å². The number of anilines is 3. The van der Waals surface area contributed by atoms with Crippen molar-refractivity contribution in [3.05, 3.63) is 119 Å². The predicted molar refractivity (Wildman–Crippen MR) is 131 cm³/mol. The van der Waals surface area contributed by atoms with E-state index >= 15 is 0 Å². The van der Waals surface area contributed by atoms with E-state index in [2.05, 4.69) is 66.1 Å². The Labute approximate surface area is 193 Å². The Kier molecular flexibility index (Phi) is 4.85. The van der Waals surface area contributed by atoms with Gasteiger partial charge in [0.25, 0.3) is 5.70 Å². The molecule has 0 atom stereocenters. The fourth-order valence-corrected chi connectivity index (χ4v) is 4.50. The van der Waals surface area contributed by atoms with Gasteiger partial charge >= 0.3 is 0 Å². The number of rotatable bonds is 4. The third kappa shape index (κ3) is 3.39. The molecular weight excluding hydrogens is 406 g/mol. The Balaban J connectivity index is 1.63. The first-order valence-corrected chi connectivity index (χ1v) is 10.7. The van der Waals surface area contributed by atoms with E-state index in [9.17, 15) is 0 Å². The maximum atomic E-state index is 9.09. The van der Waals surface area contributed by atoms with Crippen molar-refractivity contribution in [3.63, 3.8) is 0 Å². The second-order valence-electron chi connectivity index (χ2n) is 8.51. The van der Waals surface area contributed by atoms with Gasteiger partial charge in [0.2, 0.25) is 0 Å². The van der Waals surface area contributed by atoms with Crippen molar-refractivity contribution >= 4 is 23.1 Å². The molecule has 0 fully saturated rings. The van der Waals surface area contributed by atoms with Gasteiger partial charge in [-0.15, -0.1) is 0 Å². The van der Waals surface area contributed by atoms with Crippen LogP contribution in [0.5, 0.6) is 0 Å². The van der Waals surface area contributed by atoms with Crippen LogP contribution in [0.25, 0.3) is 22.2 Å². The summed E-state index contributed by atoms with van der Waals surface area (Å²) in [7, 11) is 0. The van der Waals surface area contributed by atoms with Crippen molar-refractivity contribution in [1.29, 1.82) is 5.26 Å². The lowest BCUT2D eigenvalue weighted by atomic mass is 9.82. The van der Waals surface area contributed by atoms with Crippen LogP contribution in [0.1, 0.15) is 30.7 Å². The van der Waals surface area contributed by atoms with Gasteiger partial charge in [-0.1, -0.05) is 50.2 Å². The fourth-order valence-electron chi connectivity index (χ4n) is 4.50. The Hall–Kier alpha value is -4.54. The van der Waals surface area contributed by atoms with Gasteiger partial charge in [0, 0.05) is 33.6 Å². The molecule has 1 heterocycles. The van der Waals surface area contributed by atoms with Crippen LogP contribution in [0.3, 0.4) is 0 Å². The highest BCUT2D eigenvalue weighted by molar-refractivity contribution is 5.84. The molecule has 3 aromatic carbocycles. The van der Waals surface area contributed by atoms with E-state index in [1.807, 2.05) is 48.5 Å². The van der Waals surface area contributed by atoms with Crippen molar-refractivity contribution in [2.45, 2.75) is 19.3 Å². The van der Waals surface area contributed by atoms with Crippen LogP contribution >= 0.6 is 0 Å². The van der Waals surface area contributed by atoms with E-state index < -0.39 is 0 Å². The molecule has 33 heavy (non-hydrogen) atoms. The molecule has 0 spiro atoms. The highest BCUT2D eigenvalue weighted by atomic mass is 16.3. The summed E-state index contributed by atoms with van der Waals surface area (Å²) in [5.74, 6) is 1.34. The van der Waals surface area contributed by atoms with Crippen molar-refractivity contribution in [1.82, 2.24) is 0 Å². The number of fused-ring (bicyclic) bond motifs is 3. The molecular formula is C29H21N3O. The second-order valence-corrected chi connectivity index (χ2v) is 8.51. The normalized spacial score (nSPS) is 13.5. The van der Waals surface area contributed by atoms with Crippen molar-refractivity contribution < 1.29 is 4.42 Å². The highest BCUT2D eigenvalue weighted by Gasteiger charge is 2.39. The van der Waals surface area contributed by atoms with E-state index in [4.69, 9.17) is 16.3 Å². The first kappa shape index (κ1) is 20.4. The Morgan fingerprint density at radius 1 is 0.909 bits per heavy atom. The number of allylic oxidation sites excluding steroid dienone is 1. The zero-order chi connectivity index (χ0) is 23.0. The SMILES string of the molecule is [C-]#[N+]/C(C#N)=C\c1cc2c(o1)-c1ccc(N(c3ccccc3)c3ccccc3)cc1C2(C)C. The molecule has 0 unspecified atom stereocenters. The molecule has 158 valence electrons. The lowest BCUT2D eigenvalue weighted by Gasteiger charge is -2.27. The average Bonchev–Trinajstić information content (AvgIpc) is 3.36. The van der Waals surface area contributed by atoms with E-state index in [0.29, 0.717) is 5.76 Å². The van der Waals surface area contributed by atoms with Crippen molar-refractivity contribution in [3.8, 4) is 17.4 Å². The van der Waals surface area contributed by atoms with Gasteiger partial charge in [0.1, 0.15) is 11.5 Å². The molecule has 4 nitrogen and oxygen atoms in total. The number of nitrogens with zero attached hydrogens (tertiary/aromatic N) is 3. The zero-order valence-corrected chi connectivity index (χ0v) is 18.4. The minimum atomic E-state index is -0.278. The zero-order valence-electron chi connectivity index (χ0n) is 18.4. The summed E-state index contributed by atoms with van der Waals surface area (Å²) in [4.78, 5) is 5.49. The van der Waals surface area contributed by atoms with Crippen LogP contribution in [0, 0.1) is 17.9 Å². The Morgan fingerprint density at radius 2 is 1.55 bits per heavy atom. The smallest absolute Gasteiger partial charge is 0.265 e. The second kappa shape index (κ2) is 7.86. The summed E-state index contributed by atoms with van der Waals surface area (Å²) < 4.78 is 6.11. The first-order valence-electron chi connectivity index (χ1n) is 10.7. The largest absolute Gasteiger partial charge is 0.458 e. The van der Waals surface area contributed by atoms with Gasteiger partial charge in [0.05, 0.1) is 12.6 Å². The number of hydrogen-bond donors (Lipinski definition) is 0. The maximum absolute atomic E-state index is 9.09. The van der Waals surface area contributed by atoms with Gasteiger partial charge in [0.15, 0.2) is 0 Å². The third-order valence-electron chi connectivity index (χ3n) is 6.15. The number of nitriles is 1. The molecule has 1 aromatic heterocycles. The van der Waals surface area contributed by atoms with Crippen molar-refractivity contribution in [2.24, 2.45) is 0 Å². The van der Waals surface area contributed by atoms with Crippen LogP contribution in [-0.4, -0.2) is 0 Å². The van der Waals surface area contributed by atoms with Crippen LogP contribution < -0.4 is 4.90 Å². The van der Waals surface area contributed by atoms with Crippen LogP contribution in [0.15, 0.2) is 95.0 Å². The molecule has 5 rings (SSSR count). The number of benzene rings is 3. The fraction of sp³-hybridized carbons (Fsp3) is 0.103. The van der Waals surface area contributed by atoms with E-state index in [-0.39, 0.29) is 11.1 Å². The molecule has 4 aromatic rings. The standard InChI is InChI=1S/C29H21N3O/c1-29(2)26-17-23(32(21-10-6-4-7-11-21)22-12-8-5-9-13-22)14-15-25(26)28-27(29)18-24(33-28)16-20(19-30)31-3/h4-18H,1-2H3/b20-16-. The average molecular weight is 428 g/mol. The molecule has 4 heteroatoms. The van der Waals surface area contributed by atoms with Crippen LogP contribution in [-0.2, 0) is 5.41 Å². The summed E-state index contributed by atoms with van der Waals surface area (Å²) in [5, 5.41) is 9.09. The van der Waals surface area contributed by atoms with Gasteiger partial charge in [-0.05, 0) is 60.2 Å². The Morgan fingerprint density at radius 3 is 2.12 bits per heavy atom. The monoisotopic (exact) mass is 427 g/mol. The van der Waals surface area contributed by atoms with Gasteiger partial charge < -0.3 is 9.32 Å². The molecule has 0 bridgehead atoms. The minimum absolute atomic E-state index is 0.0113. The lowest BCUT2D eigenvalue weighted by Crippen LogP contribution is -2.16. The summed E-state index contributed by atoms with van der Waals surface area (Å²) in [6.07, 6.45) is 1.50. The molecule has 0 N–H and O–H groups in total. The summed E-state index contributed by atoms with van der Waals surface area (Å²) in [6, 6.07) is 31.0. The van der Waals surface area contributed by atoms with E-state index in [1.54, 1.807) is 0 Å². The minimum Gasteiger partial charge on any atom is -0.458 e.